The normalized spacial score (nSPS) is 24.8. The van der Waals surface area contributed by atoms with Gasteiger partial charge in [0.05, 0.1) is 28.0 Å². The highest BCUT2D eigenvalue weighted by molar-refractivity contribution is 6.34. The molecular weight excluding hydrogens is 549 g/mol. The summed E-state index contributed by atoms with van der Waals surface area (Å²) in [5.74, 6) is -3.61. The van der Waals surface area contributed by atoms with Gasteiger partial charge in [-0.05, 0) is 30.0 Å². The van der Waals surface area contributed by atoms with E-state index in [0.717, 1.165) is 30.1 Å². The smallest absolute Gasteiger partial charge is 0.349 e. The molecule has 1 aliphatic heterocycles. The number of fused-ring (bicyclic) bond motifs is 1. The lowest BCUT2D eigenvalue weighted by Gasteiger charge is -2.11. The topological polar surface area (TPSA) is 106 Å². The number of nitrogens with one attached hydrogen (secondary N) is 3. The Bertz CT molecular complexity index is 1490. The van der Waals surface area contributed by atoms with Gasteiger partial charge in [-0.3, -0.25) is 14.3 Å². The van der Waals surface area contributed by atoms with Crippen LogP contribution in [0.25, 0.3) is 11.3 Å². The van der Waals surface area contributed by atoms with E-state index in [1.807, 2.05) is 0 Å². The standard InChI is InChI=1S/C24H21ClF5N7O2/c1-36-16(14-9-37(17-5-23(17,26)27)35-19(14)24(28,29)30)8-32-20(36)22(39)33-10-2-3-11(15(25)4-10)21(38)34-18-12-6-31-7-13(12)18/h2-4,8-9,12-13,17-18,31H,5-7H2,1H3,(H,33,39)(H,34,38)/t12?,13?,17-,18?/m0/s1. The second-order valence-corrected chi connectivity index (χ2v) is 10.4. The van der Waals surface area contributed by atoms with Crippen molar-refractivity contribution in [2.24, 2.45) is 18.9 Å². The number of alkyl halides is 5. The Hall–Kier alpha value is -3.52. The van der Waals surface area contributed by atoms with E-state index in [0.29, 0.717) is 16.5 Å². The second kappa shape index (κ2) is 8.74. The molecule has 6 rings (SSSR count). The molecule has 2 aliphatic carbocycles. The molecule has 0 radical (unpaired) electrons. The van der Waals surface area contributed by atoms with Gasteiger partial charge in [-0.25, -0.2) is 13.8 Å². The largest absolute Gasteiger partial charge is 0.435 e. The maximum absolute atomic E-state index is 13.7. The molecule has 3 fully saturated rings. The Morgan fingerprint density at radius 3 is 2.49 bits per heavy atom. The molecule has 0 spiro atoms. The molecule has 3 N–H and O–H groups in total. The lowest BCUT2D eigenvalue weighted by Crippen LogP contribution is -2.32. The van der Waals surface area contributed by atoms with Gasteiger partial charge in [0.2, 0.25) is 0 Å². The maximum Gasteiger partial charge on any atom is 0.435 e. The van der Waals surface area contributed by atoms with Gasteiger partial charge in [0.25, 0.3) is 17.7 Å². The van der Waals surface area contributed by atoms with Crippen molar-refractivity contribution in [2.45, 2.75) is 30.6 Å². The summed E-state index contributed by atoms with van der Waals surface area (Å²) in [6.07, 6.45) is -3.59. The number of rotatable bonds is 6. The summed E-state index contributed by atoms with van der Waals surface area (Å²) in [5, 5.41) is 12.2. The Balaban J connectivity index is 1.19. The summed E-state index contributed by atoms with van der Waals surface area (Å²) >= 11 is 6.29. The van der Waals surface area contributed by atoms with Crippen LogP contribution in [0.3, 0.4) is 0 Å². The fourth-order valence-corrected chi connectivity index (χ4v) is 5.40. The summed E-state index contributed by atoms with van der Waals surface area (Å²) in [6, 6.07) is 2.97. The Morgan fingerprint density at radius 1 is 1.18 bits per heavy atom. The summed E-state index contributed by atoms with van der Waals surface area (Å²) < 4.78 is 69.6. The predicted molar refractivity (Wildman–Crippen MR) is 129 cm³/mol. The Morgan fingerprint density at radius 2 is 1.87 bits per heavy atom. The summed E-state index contributed by atoms with van der Waals surface area (Å²) in [7, 11) is 1.32. The van der Waals surface area contributed by atoms with Gasteiger partial charge in [-0.1, -0.05) is 11.6 Å². The van der Waals surface area contributed by atoms with E-state index >= 15 is 0 Å². The maximum atomic E-state index is 13.7. The molecule has 3 aromatic rings. The van der Waals surface area contributed by atoms with E-state index in [1.54, 1.807) is 0 Å². The minimum Gasteiger partial charge on any atom is -0.349 e. The van der Waals surface area contributed by atoms with E-state index in [2.05, 4.69) is 26.0 Å². The highest BCUT2D eigenvalue weighted by Gasteiger charge is 2.59. The van der Waals surface area contributed by atoms with Crippen molar-refractivity contribution < 1.29 is 31.5 Å². The van der Waals surface area contributed by atoms with Gasteiger partial charge >= 0.3 is 6.18 Å². The number of amides is 2. The van der Waals surface area contributed by atoms with Crippen molar-refractivity contribution in [1.82, 2.24) is 30.0 Å². The number of hydrogen-bond acceptors (Lipinski definition) is 5. The summed E-state index contributed by atoms with van der Waals surface area (Å²) in [4.78, 5) is 29.5. The van der Waals surface area contributed by atoms with E-state index in [4.69, 9.17) is 11.6 Å². The average Bonchev–Trinajstić information content (AvgIpc) is 3.38. The van der Waals surface area contributed by atoms with Crippen molar-refractivity contribution in [2.75, 3.05) is 18.4 Å². The predicted octanol–water partition coefficient (Wildman–Crippen LogP) is 3.74. The van der Waals surface area contributed by atoms with Gasteiger partial charge in [0.1, 0.15) is 6.04 Å². The quantitative estimate of drug-likeness (QED) is 0.392. The Kier molecular flexibility index (Phi) is 5.77. The molecule has 15 heteroatoms. The molecule has 2 unspecified atom stereocenters. The number of piperidine rings is 1. The van der Waals surface area contributed by atoms with Crippen LogP contribution in [0.15, 0.2) is 30.6 Å². The molecule has 1 saturated heterocycles. The molecule has 39 heavy (non-hydrogen) atoms. The zero-order valence-corrected chi connectivity index (χ0v) is 20.9. The van der Waals surface area contributed by atoms with Crippen LogP contribution in [0.5, 0.6) is 0 Å². The molecule has 2 saturated carbocycles. The van der Waals surface area contributed by atoms with Crippen LogP contribution in [0.1, 0.15) is 39.1 Å². The molecule has 0 bridgehead atoms. The lowest BCUT2D eigenvalue weighted by atomic mass is 10.2. The van der Waals surface area contributed by atoms with Gasteiger partial charge in [-0.15, -0.1) is 0 Å². The van der Waals surface area contributed by atoms with Crippen molar-refractivity contribution >= 4 is 29.1 Å². The minimum atomic E-state index is -4.92. The number of anilines is 1. The zero-order chi connectivity index (χ0) is 27.9. The van der Waals surface area contributed by atoms with Crippen LogP contribution in [-0.2, 0) is 13.2 Å². The van der Waals surface area contributed by atoms with Crippen LogP contribution in [0.4, 0.5) is 27.6 Å². The molecule has 1 aromatic carbocycles. The molecular formula is C24H21ClF5N7O2. The number of aromatic nitrogens is 4. The first kappa shape index (κ1) is 25.7. The summed E-state index contributed by atoms with van der Waals surface area (Å²) in [5.41, 5.74) is -1.49. The lowest BCUT2D eigenvalue weighted by molar-refractivity contribution is -0.141. The van der Waals surface area contributed by atoms with Crippen molar-refractivity contribution in [3.05, 3.63) is 52.7 Å². The highest BCUT2D eigenvalue weighted by Crippen LogP contribution is 2.53. The van der Waals surface area contributed by atoms with Gasteiger partial charge in [-0.2, -0.15) is 18.3 Å². The van der Waals surface area contributed by atoms with E-state index in [1.165, 1.54) is 25.2 Å². The van der Waals surface area contributed by atoms with Crippen LogP contribution in [0, 0.1) is 11.8 Å². The number of carbonyl (C=O) groups excluding carboxylic acids is 2. The van der Waals surface area contributed by atoms with Gasteiger partial charge in [0.15, 0.2) is 11.5 Å². The third kappa shape index (κ3) is 4.54. The fourth-order valence-electron chi connectivity index (χ4n) is 5.13. The number of hydrogen-bond donors (Lipinski definition) is 3. The van der Waals surface area contributed by atoms with Crippen LogP contribution in [-0.4, -0.2) is 56.2 Å². The number of carbonyl (C=O) groups is 2. The van der Waals surface area contributed by atoms with Crippen molar-refractivity contribution in [3.8, 4) is 11.3 Å². The number of imidazole rings is 1. The second-order valence-electron chi connectivity index (χ2n) is 10.0. The first-order chi connectivity index (χ1) is 18.3. The zero-order valence-electron chi connectivity index (χ0n) is 20.2. The van der Waals surface area contributed by atoms with Gasteiger partial charge < -0.3 is 20.5 Å². The van der Waals surface area contributed by atoms with Crippen LogP contribution in [0.2, 0.25) is 5.02 Å². The SMILES string of the molecule is Cn1c(-c2cn([C@H]3CC3(F)F)nc2C(F)(F)F)cnc1C(=O)Nc1ccc(C(=O)NC2C3CNCC32)c(Cl)c1. The number of halogens is 6. The minimum absolute atomic E-state index is 0.105. The third-order valence-corrected chi connectivity index (χ3v) is 7.75. The van der Waals surface area contributed by atoms with Gasteiger partial charge in [0, 0.05) is 44.5 Å². The molecule has 3 atom stereocenters. The summed E-state index contributed by atoms with van der Waals surface area (Å²) in [6.45, 7) is 1.72. The molecule has 206 valence electrons. The first-order valence-corrected chi connectivity index (χ1v) is 12.4. The van der Waals surface area contributed by atoms with E-state index in [9.17, 15) is 31.5 Å². The number of benzene rings is 1. The molecule has 9 nitrogen and oxygen atoms in total. The Labute approximate surface area is 222 Å². The van der Waals surface area contributed by atoms with Crippen molar-refractivity contribution in [1.29, 1.82) is 0 Å². The molecule has 3 aliphatic rings. The van der Waals surface area contributed by atoms with E-state index < -0.39 is 41.7 Å². The molecule has 3 heterocycles. The highest BCUT2D eigenvalue weighted by atomic mass is 35.5. The van der Waals surface area contributed by atoms with E-state index in [-0.39, 0.29) is 39.7 Å². The number of nitrogens with zero attached hydrogens (tertiary/aromatic N) is 4. The van der Waals surface area contributed by atoms with Crippen LogP contribution >= 0.6 is 11.6 Å². The third-order valence-electron chi connectivity index (χ3n) is 7.44. The monoisotopic (exact) mass is 569 g/mol. The molecule has 2 amide bonds. The molecule has 2 aromatic heterocycles. The fraction of sp³-hybridized carbons (Fsp3) is 0.417. The van der Waals surface area contributed by atoms with Crippen molar-refractivity contribution in [3.63, 3.8) is 0 Å². The first-order valence-electron chi connectivity index (χ1n) is 12.0. The average molecular weight is 570 g/mol. The van der Waals surface area contributed by atoms with Crippen LogP contribution < -0.4 is 16.0 Å².